The van der Waals surface area contributed by atoms with Crippen molar-refractivity contribution in [2.24, 2.45) is 0 Å². The van der Waals surface area contributed by atoms with Gasteiger partial charge in [0.25, 0.3) is 0 Å². The molecule has 0 fully saturated rings. The van der Waals surface area contributed by atoms with E-state index in [1.165, 1.54) is 24.3 Å². The van der Waals surface area contributed by atoms with Gasteiger partial charge >= 0.3 is 0 Å². The van der Waals surface area contributed by atoms with Crippen molar-refractivity contribution in [3.63, 3.8) is 0 Å². The van der Waals surface area contributed by atoms with Gasteiger partial charge in [0.15, 0.2) is 5.08 Å². The number of rotatable bonds is 20. The molecule has 10 heteroatoms. The first kappa shape index (κ1) is 31.3. The normalized spacial score (nSPS) is 12.2. The summed E-state index contributed by atoms with van der Waals surface area (Å²) >= 11 is 0. The van der Waals surface area contributed by atoms with E-state index in [0.717, 1.165) is 75.3 Å². The van der Waals surface area contributed by atoms with E-state index in [2.05, 4.69) is 9.44 Å². The topological polar surface area (TPSA) is 92.3 Å². The second-order valence-electron chi connectivity index (χ2n) is 9.42. The van der Waals surface area contributed by atoms with Crippen LogP contribution >= 0.6 is 0 Å². The fourth-order valence-electron chi connectivity index (χ4n) is 4.01. The maximum Gasteiger partial charge on any atom is 0.227 e. The molecule has 0 amide bonds. The summed E-state index contributed by atoms with van der Waals surface area (Å²) in [5.41, 5.74) is 2.20. The van der Waals surface area contributed by atoms with E-state index in [0.29, 0.717) is 12.8 Å². The molecule has 0 radical (unpaired) electrons. The second-order valence-corrected chi connectivity index (χ2v) is 13.4. The van der Waals surface area contributed by atoms with E-state index in [1.807, 2.05) is 0 Å². The van der Waals surface area contributed by atoms with Crippen molar-refractivity contribution in [2.45, 2.75) is 77.0 Å². The van der Waals surface area contributed by atoms with Crippen LogP contribution in [-0.2, 0) is 32.9 Å². The number of halogens is 2. The fraction of sp³-hybridized carbons (Fsp3) is 0.556. The Labute approximate surface area is 221 Å². The van der Waals surface area contributed by atoms with Crippen molar-refractivity contribution in [3.8, 4) is 0 Å². The van der Waals surface area contributed by atoms with Crippen LogP contribution in [0.5, 0.6) is 0 Å². The maximum atomic E-state index is 12.9. The highest BCUT2D eigenvalue weighted by atomic mass is 32.3. The van der Waals surface area contributed by atoms with Crippen molar-refractivity contribution < 1.29 is 25.6 Å². The standard InChI is InChI=1S/C27H40F2N2O4S2/c28-26-17-13-24(14-18-26)11-7-3-1-5-9-21-30-36(32,33)23-37(34,35)31-22-10-6-2-4-8-12-25-15-19-27(29)20-16-25/h13-20,30-31H,1-12,21-23H2. The Morgan fingerprint density at radius 3 is 1.19 bits per heavy atom. The second kappa shape index (κ2) is 16.9. The molecule has 0 saturated carbocycles. The molecule has 0 heterocycles. The van der Waals surface area contributed by atoms with Crippen molar-refractivity contribution in [1.82, 2.24) is 9.44 Å². The van der Waals surface area contributed by atoms with E-state index in [4.69, 9.17) is 0 Å². The lowest BCUT2D eigenvalue weighted by molar-refractivity contribution is 0.561. The highest BCUT2D eigenvalue weighted by Gasteiger charge is 2.21. The van der Waals surface area contributed by atoms with Gasteiger partial charge < -0.3 is 0 Å². The van der Waals surface area contributed by atoms with Crippen LogP contribution in [0.3, 0.4) is 0 Å². The summed E-state index contributed by atoms with van der Waals surface area (Å²) in [6, 6.07) is 13.0. The SMILES string of the molecule is O=S(=O)(CS(=O)(=O)NCCCCCCCc1ccc(F)cc1)NCCCCCCCc1ccc(F)cc1. The van der Waals surface area contributed by atoms with E-state index < -0.39 is 25.1 Å². The molecule has 0 aliphatic carbocycles. The van der Waals surface area contributed by atoms with E-state index in [1.54, 1.807) is 24.3 Å². The van der Waals surface area contributed by atoms with Crippen molar-refractivity contribution in [3.05, 3.63) is 71.3 Å². The Bertz CT molecular complexity index is 1020. The summed E-state index contributed by atoms with van der Waals surface area (Å²) < 4.78 is 79.1. The molecular formula is C27H40F2N2O4S2. The van der Waals surface area contributed by atoms with Crippen LogP contribution in [0, 0.1) is 11.6 Å². The number of aryl methyl sites for hydroxylation is 2. The fourth-order valence-corrected chi connectivity index (χ4v) is 7.23. The lowest BCUT2D eigenvalue weighted by atomic mass is 10.1. The van der Waals surface area contributed by atoms with Gasteiger partial charge in [-0.05, 0) is 73.9 Å². The molecular weight excluding hydrogens is 518 g/mol. The lowest BCUT2D eigenvalue weighted by Gasteiger charge is -2.09. The first-order valence-corrected chi connectivity index (χ1v) is 16.4. The van der Waals surface area contributed by atoms with Gasteiger partial charge in [-0.3, -0.25) is 0 Å². The van der Waals surface area contributed by atoms with E-state index in [9.17, 15) is 25.6 Å². The zero-order chi connectivity index (χ0) is 27.0. The molecule has 0 atom stereocenters. The molecule has 0 aliphatic rings. The van der Waals surface area contributed by atoms with Crippen molar-refractivity contribution in [2.75, 3.05) is 18.2 Å². The van der Waals surface area contributed by atoms with Gasteiger partial charge in [0.1, 0.15) is 11.6 Å². The molecule has 2 aromatic carbocycles. The zero-order valence-electron chi connectivity index (χ0n) is 21.4. The summed E-state index contributed by atoms with van der Waals surface area (Å²) in [6.45, 7) is 0.432. The first-order valence-electron chi connectivity index (χ1n) is 13.1. The highest BCUT2D eigenvalue weighted by molar-refractivity contribution is 8.06. The summed E-state index contributed by atoms with van der Waals surface area (Å²) in [5, 5.41) is -0.963. The number of nitrogens with one attached hydrogen (secondary N) is 2. The van der Waals surface area contributed by atoms with Gasteiger partial charge in [-0.25, -0.2) is 35.1 Å². The Hall–Kier alpha value is -1.88. The van der Waals surface area contributed by atoms with Crippen molar-refractivity contribution in [1.29, 1.82) is 0 Å². The minimum absolute atomic E-state index is 0.216. The third kappa shape index (κ3) is 15.2. The lowest BCUT2D eigenvalue weighted by Crippen LogP contribution is -2.36. The van der Waals surface area contributed by atoms with Gasteiger partial charge in [-0.2, -0.15) is 0 Å². The smallest absolute Gasteiger partial charge is 0.214 e. The molecule has 0 bridgehead atoms. The third-order valence-electron chi connectivity index (χ3n) is 6.07. The number of hydrogen-bond acceptors (Lipinski definition) is 4. The molecule has 2 rings (SSSR count). The monoisotopic (exact) mass is 558 g/mol. The number of unbranched alkanes of at least 4 members (excludes halogenated alkanes) is 8. The largest absolute Gasteiger partial charge is 0.227 e. The van der Waals surface area contributed by atoms with Crippen molar-refractivity contribution >= 4 is 20.0 Å². The first-order chi connectivity index (χ1) is 17.7. The van der Waals surface area contributed by atoms with Gasteiger partial charge in [0.2, 0.25) is 20.0 Å². The van der Waals surface area contributed by atoms with Crippen LogP contribution in [0.15, 0.2) is 48.5 Å². The van der Waals surface area contributed by atoms with E-state index in [-0.39, 0.29) is 24.7 Å². The van der Waals surface area contributed by atoms with Crippen LogP contribution in [0.4, 0.5) is 8.78 Å². The molecule has 0 saturated heterocycles. The van der Waals surface area contributed by atoms with Gasteiger partial charge in [0, 0.05) is 13.1 Å². The van der Waals surface area contributed by atoms with Crippen LogP contribution in [0.2, 0.25) is 0 Å². The third-order valence-corrected chi connectivity index (χ3v) is 9.84. The molecule has 0 spiro atoms. The van der Waals surface area contributed by atoms with E-state index >= 15 is 0 Å². The average Bonchev–Trinajstić information content (AvgIpc) is 2.84. The summed E-state index contributed by atoms with van der Waals surface area (Å²) in [7, 11) is -7.83. The zero-order valence-corrected chi connectivity index (χ0v) is 23.1. The quantitative estimate of drug-likeness (QED) is 0.212. The maximum absolute atomic E-state index is 12.9. The summed E-state index contributed by atoms with van der Waals surface area (Å²) in [6.07, 6.45) is 10.6. The summed E-state index contributed by atoms with van der Waals surface area (Å²) in [5.74, 6) is -0.477. The molecule has 0 unspecified atom stereocenters. The minimum atomic E-state index is -3.91. The Morgan fingerprint density at radius 1 is 0.486 bits per heavy atom. The average molecular weight is 559 g/mol. The Morgan fingerprint density at radius 2 is 0.811 bits per heavy atom. The predicted molar refractivity (Wildman–Crippen MR) is 145 cm³/mol. The van der Waals surface area contributed by atoms with Crippen LogP contribution < -0.4 is 9.44 Å². The van der Waals surface area contributed by atoms with Crippen LogP contribution in [0.1, 0.15) is 75.3 Å². The van der Waals surface area contributed by atoms with Crippen LogP contribution in [0.25, 0.3) is 0 Å². The molecule has 208 valence electrons. The molecule has 2 N–H and O–H groups in total. The molecule has 0 aliphatic heterocycles. The molecule has 0 aromatic heterocycles. The van der Waals surface area contributed by atoms with Crippen LogP contribution in [-0.4, -0.2) is 35.0 Å². The van der Waals surface area contributed by atoms with Gasteiger partial charge in [0.05, 0.1) is 0 Å². The highest BCUT2D eigenvalue weighted by Crippen LogP contribution is 2.11. The van der Waals surface area contributed by atoms with Gasteiger partial charge in [-0.1, -0.05) is 62.8 Å². The molecule has 6 nitrogen and oxygen atoms in total. The van der Waals surface area contributed by atoms with Gasteiger partial charge in [-0.15, -0.1) is 0 Å². The Balaban J connectivity index is 1.46. The Kier molecular flexibility index (Phi) is 14.3. The number of sulfonamides is 2. The minimum Gasteiger partial charge on any atom is -0.214 e. The molecule has 37 heavy (non-hydrogen) atoms. The number of benzene rings is 2. The molecule has 2 aromatic rings. The predicted octanol–water partition coefficient (Wildman–Crippen LogP) is 5.45. The summed E-state index contributed by atoms with van der Waals surface area (Å²) in [4.78, 5) is 0. The number of hydrogen-bond donors (Lipinski definition) is 2.